The highest BCUT2D eigenvalue weighted by molar-refractivity contribution is 4.85. The molecule has 0 fully saturated rings. The van der Waals surface area contributed by atoms with E-state index in [-0.39, 0.29) is 36.6 Å². The standard InChI is InChI=1S/C22H46O6/c1-15(2)11-17(5)27-13-19(23-7)21(25-9)22(26-10)20(24-8)14-28-18(6)12-16(3)4/h15-22H,11-14H2,1-10H3/t17?,18?,19-,20+,21-,22-/m1/s1. The zero-order valence-electron chi connectivity index (χ0n) is 19.9. The summed E-state index contributed by atoms with van der Waals surface area (Å²) in [7, 11) is 6.66. The quantitative estimate of drug-likeness (QED) is 0.365. The fourth-order valence-electron chi connectivity index (χ4n) is 3.57. The Morgan fingerprint density at radius 3 is 1.04 bits per heavy atom. The number of hydrogen-bond acceptors (Lipinski definition) is 6. The van der Waals surface area contributed by atoms with Gasteiger partial charge in [-0.3, -0.25) is 0 Å². The largest absolute Gasteiger partial charge is 0.376 e. The lowest BCUT2D eigenvalue weighted by atomic mass is 10.0. The van der Waals surface area contributed by atoms with E-state index < -0.39 is 0 Å². The average Bonchev–Trinajstić information content (AvgIpc) is 2.61. The van der Waals surface area contributed by atoms with Crippen molar-refractivity contribution in [2.45, 2.75) is 91.0 Å². The molecule has 170 valence electrons. The molecule has 2 unspecified atom stereocenters. The van der Waals surface area contributed by atoms with Gasteiger partial charge in [-0.2, -0.15) is 0 Å². The summed E-state index contributed by atoms with van der Waals surface area (Å²) in [6, 6.07) is 0. The van der Waals surface area contributed by atoms with Gasteiger partial charge in [0.25, 0.3) is 0 Å². The van der Waals surface area contributed by atoms with Gasteiger partial charge in [-0.1, -0.05) is 27.7 Å². The molecule has 0 aliphatic heterocycles. The van der Waals surface area contributed by atoms with Gasteiger partial charge in [-0.15, -0.1) is 0 Å². The van der Waals surface area contributed by atoms with Crippen molar-refractivity contribution >= 4 is 0 Å². The van der Waals surface area contributed by atoms with Crippen molar-refractivity contribution < 1.29 is 28.4 Å². The van der Waals surface area contributed by atoms with Crippen LogP contribution >= 0.6 is 0 Å². The van der Waals surface area contributed by atoms with Crippen LogP contribution in [0, 0.1) is 11.8 Å². The fraction of sp³-hybridized carbons (Fsp3) is 1.00. The van der Waals surface area contributed by atoms with E-state index in [2.05, 4.69) is 41.5 Å². The van der Waals surface area contributed by atoms with Crippen molar-refractivity contribution in [3.05, 3.63) is 0 Å². The Kier molecular flexibility index (Phi) is 15.4. The molecule has 6 heteroatoms. The second-order valence-corrected chi connectivity index (χ2v) is 8.50. The number of rotatable bonds is 17. The maximum Gasteiger partial charge on any atom is 0.114 e. The normalized spacial score (nSPS) is 18.9. The molecule has 0 saturated heterocycles. The van der Waals surface area contributed by atoms with Crippen LogP contribution in [-0.2, 0) is 28.4 Å². The molecule has 0 aliphatic rings. The van der Waals surface area contributed by atoms with Crippen molar-refractivity contribution in [2.24, 2.45) is 11.8 Å². The smallest absolute Gasteiger partial charge is 0.114 e. The monoisotopic (exact) mass is 406 g/mol. The number of methoxy groups -OCH3 is 4. The summed E-state index contributed by atoms with van der Waals surface area (Å²) >= 11 is 0. The van der Waals surface area contributed by atoms with Crippen molar-refractivity contribution in [1.82, 2.24) is 0 Å². The highest BCUT2D eigenvalue weighted by Crippen LogP contribution is 2.19. The fourth-order valence-corrected chi connectivity index (χ4v) is 3.57. The minimum absolute atomic E-state index is 0.162. The first-order chi connectivity index (χ1) is 13.2. The Labute approximate surface area is 173 Å². The average molecular weight is 407 g/mol. The van der Waals surface area contributed by atoms with Crippen LogP contribution < -0.4 is 0 Å². The van der Waals surface area contributed by atoms with Crippen LogP contribution in [0.4, 0.5) is 0 Å². The lowest BCUT2D eigenvalue weighted by Crippen LogP contribution is -2.51. The van der Waals surface area contributed by atoms with E-state index in [9.17, 15) is 0 Å². The molecule has 0 rings (SSSR count). The van der Waals surface area contributed by atoms with Gasteiger partial charge in [0.2, 0.25) is 0 Å². The second kappa shape index (κ2) is 15.6. The Hall–Kier alpha value is -0.240. The summed E-state index contributed by atoms with van der Waals surface area (Å²) in [5, 5.41) is 0. The SMILES string of the molecule is CO[C@@H]([C@H](OC)[C@@H](COC(C)CC(C)C)OC)[C@H](COC(C)CC(C)C)OC. The van der Waals surface area contributed by atoms with E-state index in [0.29, 0.717) is 25.0 Å². The maximum atomic E-state index is 6.01. The summed E-state index contributed by atoms with van der Waals surface area (Å²) in [6.45, 7) is 13.8. The minimum Gasteiger partial charge on any atom is -0.376 e. The molecule has 6 atom stereocenters. The first-order valence-electron chi connectivity index (χ1n) is 10.5. The predicted octanol–water partition coefficient (Wildman–Crippen LogP) is 3.95. The Morgan fingerprint density at radius 2 is 0.821 bits per heavy atom. The summed E-state index contributed by atoms with van der Waals surface area (Å²) in [5.74, 6) is 1.17. The zero-order chi connectivity index (χ0) is 21.7. The zero-order valence-corrected chi connectivity index (χ0v) is 19.9. The van der Waals surface area contributed by atoms with Crippen molar-refractivity contribution in [3.8, 4) is 0 Å². The van der Waals surface area contributed by atoms with Gasteiger partial charge in [0, 0.05) is 28.4 Å². The third-order valence-corrected chi connectivity index (χ3v) is 4.90. The highest BCUT2D eigenvalue weighted by atomic mass is 16.6. The maximum absolute atomic E-state index is 6.01. The lowest BCUT2D eigenvalue weighted by molar-refractivity contribution is -0.176. The van der Waals surface area contributed by atoms with Crippen LogP contribution in [-0.4, -0.2) is 78.3 Å². The van der Waals surface area contributed by atoms with Gasteiger partial charge in [0.05, 0.1) is 25.4 Å². The van der Waals surface area contributed by atoms with Crippen LogP contribution in [0.3, 0.4) is 0 Å². The van der Waals surface area contributed by atoms with E-state index in [1.54, 1.807) is 28.4 Å². The first-order valence-corrected chi connectivity index (χ1v) is 10.5. The van der Waals surface area contributed by atoms with Crippen molar-refractivity contribution in [2.75, 3.05) is 41.7 Å². The summed E-state index contributed by atoms with van der Waals surface area (Å²) in [4.78, 5) is 0. The van der Waals surface area contributed by atoms with Gasteiger partial charge in [0.15, 0.2) is 0 Å². The Morgan fingerprint density at radius 1 is 0.500 bits per heavy atom. The summed E-state index contributed by atoms with van der Waals surface area (Å²) in [5.41, 5.74) is 0. The van der Waals surface area contributed by atoms with Gasteiger partial charge < -0.3 is 28.4 Å². The molecule has 0 aromatic heterocycles. The van der Waals surface area contributed by atoms with Crippen LogP contribution in [0.15, 0.2) is 0 Å². The lowest BCUT2D eigenvalue weighted by Gasteiger charge is -2.35. The van der Waals surface area contributed by atoms with Crippen molar-refractivity contribution in [1.29, 1.82) is 0 Å². The minimum atomic E-state index is -0.338. The molecular weight excluding hydrogens is 360 g/mol. The van der Waals surface area contributed by atoms with Gasteiger partial charge in [-0.05, 0) is 38.5 Å². The first kappa shape index (κ1) is 27.8. The molecule has 0 saturated carbocycles. The Balaban J connectivity index is 4.95. The topological polar surface area (TPSA) is 55.4 Å². The number of hydrogen-bond donors (Lipinski definition) is 0. The molecule has 0 spiro atoms. The van der Waals surface area contributed by atoms with Crippen LogP contribution in [0.1, 0.15) is 54.4 Å². The Bertz CT molecular complexity index is 329. The third kappa shape index (κ3) is 11.1. The molecule has 0 radical (unpaired) electrons. The van der Waals surface area contributed by atoms with E-state index in [1.807, 2.05) is 0 Å². The molecule has 6 nitrogen and oxygen atoms in total. The molecule has 0 aromatic rings. The van der Waals surface area contributed by atoms with Crippen LogP contribution in [0.5, 0.6) is 0 Å². The van der Waals surface area contributed by atoms with E-state index in [4.69, 9.17) is 28.4 Å². The molecular formula is C22H46O6. The van der Waals surface area contributed by atoms with E-state index in [0.717, 1.165) is 12.8 Å². The molecule has 0 bridgehead atoms. The van der Waals surface area contributed by atoms with E-state index in [1.165, 1.54) is 0 Å². The summed E-state index contributed by atoms with van der Waals surface area (Å²) in [6.07, 6.45) is 1.12. The molecule has 0 heterocycles. The molecule has 0 aliphatic carbocycles. The molecule has 0 N–H and O–H groups in total. The molecule has 0 aromatic carbocycles. The molecule has 28 heavy (non-hydrogen) atoms. The second-order valence-electron chi connectivity index (χ2n) is 8.50. The number of ether oxygens (including phenoxy) is 6. The highest BCUT2D eigenvalue weighted by Gasteiger charge is 2.36. The van der Waals surface area contributed by atoms with Gasteiger partial charge >= 0.3 is 0 Å². The van der Waals surface area contributed by atoms with E-state index >= 15 is 0 Å². The third-order valence-electron chi connectivity index (χ3n) is 4.90. The van der Waals surface area contributed by atoms with Crippen LogP contribution in [0.25, 0.3) is 0 Å². The predicted molar refractivity (Wildman–Crippen MR) is 113 cm³/mol. The van der Waals surface area contributed by atoms with Gasteiger partial charge in [-0.25, -0.2) is 0 Å². The van der Waals surface area contributed by atoms with Crippen LogP contribution in [0.2, 0.25) is 0 Å². The van der Waals surface area contributed by atoms with Gasteiger partial charge in [0.1, 0.15) is 24.4 Å². The van der Waals surface area contributed by atoms with Crippen molar-refractivity contribution in [3.63, 3.8) is 0 Å². The summed E-state index contributed by atoms with van der Waals surface area (Å²) < 4.78 is 34.9. The molecule has 0 amide bonds.